The van der Waals surface area contributed by atoms with Crippen molar-refractivity contribution in [3.05, 3.63) is 71.4 Å². The summed E-state index contributed by atoms with van der Waals surface area (Å²) in [7, 11) is 0. The Kier molecular flexibility index (Phi) is 4.40. The molecule has 0 bridgehead atoms. The van der Waals surface area contributed by atoms with Crippen molar-refractivity contribution in [1.29, 1.82) is 0 Å². The van der Waals surface area contributed by atoms with Gasteiger partial charge in [-0.3, -0.25) is 0 Å². The second-order valence-electron chi connectivity index (χ2n) is 6.63. The zero-order valence-electron chi connectivity index (χ0n) is 13.7. The van der Waals surface area contributed by atoms with Crippen molar-refractivity contribution in [2.45, 2.75) is 19.3 Å². The first-order valence-electron chi connectivity index (χ1n) is 8.63. The molecule has 0 saturated carbocycles. The van der Waals surface area contributed by atoms with Crippen LogP contribution in [0.2, 0.25) is 5.15 Å². The van der Waals surface area contributed by atoms with E-state index in [4.69, 9.17) is 11.6 Å². The molecule has 1 aliphatic rings. The van der Waals surface area contributed by atoms with Crippen LogP contribution in [0.15, 0.2) is 60.7 Å². The van der Waals surface area contributed by atoms with Crippen LogP contribution >= 0.6 is 11.6 Å². The predicted octanol–water partition coefficient (Wildman–Crippen LogP) is 5.35. The number of piperidine rings is 1. The van der Waals surface area contributed by atoms with Crippen LogP contribution in [-0.2, 0) is 6.42 Å². The van der Waals surface area contributed by atoms with Gasteiger partial charge >= 0.3 is 0 Å². The average molecular weight is 337 g/mol. The summed E-state index contributed by atoms with van der Waals surface area (Å²) in [6.07, 6.45) is 3.71. The maximum absolute atomic E-state index is 5.97. The molecule has 0 spiro atoms. The minimum atomic E-state index is 0.553. The van der Waals surface area contributed by atoms with Crippen LogP contribution in [0.4, 0.5) is 5.69 Å². The molecule has 0 unspecified atom stereocenters. The molecule has 0 amide bonds. The summed E-state index contributed by atoms with van der Waals surface area (Å²) in [5, 5.41) is 1.71. The van der Waals surface area contributed by atoms with Gasteiger partial charge in [-0.1, -0.05) is 41.9 Å². The highest BCUT2D eigenvalue weighted by Crippen LogP contribution is 2.28. The van der Waals surface area contributed by atoms with Gasteiger partial charge in [0.1, 0.15) is 5.15 Å². The fourth-order valence-corrected chi connectivity index (χ4v) is 3.78. The monoisotopic (exact) mass is 336 g/mol. The Morgan fingerprint density at radius 2 is 1.75 bits per heavy atom. The third-order valence-electron chi connectivity index (χ3n) is 4.99. The number of pyridine rings is 1. The lowest BCUT2D eigenvalue weighted by atomic mass is 9.90. The highest BCUT2D eigenvalue weighted by molar-refractivity contribution is 6.29. The summed E-state index contributed by atoms with van der Waals surface area (Å²) in [6, 6.07) is 21.2. The number of hydrogen-bond donors (Lipinski definition) is 0. The van der Waals surface area contributed by atoms with Gasteiger partial charge in [0.15, 0.2) is 0 Å². The van der Waals surface area contributed by atoms with Gasteiger partial charge in [0.25, 0.3) is 0 Å². The topological polar surface area (TPSA) is 16.1 Å². The number of benzene rings is 2. The maximum atomic E-state index is 5.97. The van der Waals surface area contributed by atoms with Crippen LogP contribution in [0, 0.1) is 5.92 Å². The summed E-state index contributed by atoms with van der Waals surface area (Å²) in [4.78, 5) is 6.86. The largest absolute Gasteiger partial charge is 0.371 e. The van der Waals surface area contributed by atoms with Crippen LogP contribution in [0.25, 0.3) is 10.9 Å². The van der Waals surface area contributed by atoms with E-state index < -0.39 is 0 Å². The van der Waals surface area contributed by atoms with Crippen molar-refractivity contribution in [2.24, 2.45) is 5.92 Å². The highest BCUT2D eigenvalue weighted by atomic mass is 35.5. The molecule has 1 saturated heterocycles. The first kappa shape index (κ1) is 15.5. The number of aromatic nitrogens is 1. The van der Waals surface area contributed by atoms with Crippen molar-refractivity contribution in [3.63, 3.8) is 0 Å². The molecule has 1 aliphatic heterocycles. The van der Waals surface area contributed by atoms with Gasteiger partial charge in [0, 0.05) is 24.2 Å². The van der Waals surface area contributed by atoms with Gasteiger partial charge in [0.05, 0.1) is 5.52 Å². The van der Waals surface area contributed by atoms with E-state index in [-0.39, 0.29) is 0 Å². The van der Waals surface area contributed by atoms with Crippen molar-refractivity contribution in [1.82, 2.24) is 4.98 Å². The Morgan fingerprint density at radius 1 is 0.958 bits per heavy atom. The maximum Gasteiger partial charge on any atom is 0.129 e. The minimum absolute atomic E-state index is 0.553. The molecule has 0 N–H and O–H groups in total. The van der Waals surface area contributed by atoms with Crippen molar-refractivity contribution in [3.8, 4) is 0 Å². The predicted molar refractivity (Wildman–Crippen MR) is 102 cm³/mol. The van der Waals surface area contributed by atoms with E-state index >= 15 is 0 Å². The van der Waals surface area contributed by atoms with Gasteiger partial charge in [-0.25, -0.2) is 4.98 Å². The van der Waals surface area contributed by atoms with E-state index in [1.807, 2.05) is 6.07 Å². The fraction of sp³-hybridized carbons (Fsp3) is 0.286. The van der Waals surface area contributed by atoms with Gasteiger partial charge in [-0.2, -0.15) is 0 Å². The van der Waals surface area contributed by atoms with Crippen LogP contribution in [0.5, 0.6) is 0 Å². The van der Waals surface area contributed by atoms with Crippen molar-refractivity contribution >= 4 is 28.2 Å². The Labute approximate surface area is 148 Å². The van der Waals surface area contributed by atoms with Gasteiger partial charge in [0.2, 0.25) is 0 Å². The zero-order valence-corrected chi connectivity index (χ0v) is 14.4. The van der Waals surface area contributed by atoms with E-state index in [2.05, 4.69) is 64.5 Å². The molecule has 1 aromatic heterocycles. The molecule has 0 atom stereocenters. The third-order valence-corrected chi connectivity index (χ3v) is 5.20. The molecule has 2 nitrogen and oxygen atoms in total. The Balaban J connectivity index is 1.43. The second-order valence-corrected chi connectivity index (χ2v) is 7.02. The Morgan fingerprint density at radius 3 is 2.54 bits per heavy atom. The van der Waals surface area contributed by atoms with Crippen molar-refractivity contribution in [2.75, 3.05) is 18.0 Å². The SMILES string of the molecule is Clc1ccc2cc(N3CCC(Cc4ccccc4)CC3)ccc2n1. The van der Waals surface area contributed by atoms with Crippen LogP contribution in [-0.4, -0.2) is 18.1 Å². The zero-order chi connectivity index (χ0) is 16.4. The van der Waals surface area contributed by atoms with E-state index in [0.717, 1.165) is 29.9 Å². The lowest BCUT2D eigenvalue weighted by Gasteiger charge is -2.34. The van der Waals surface area contributed by atoms with Crippen molar-refractivity contribution < 1.29 is 0 Å². The minimum Gasteiger partial charge on any atom is -0.371 e. The molecule has 3 aromatic rings. The lowest BCUT2D eigenvalue weighted by molar-refractivity contribution is 0.404. The molecule has 122 valence electrons. The molecular weight excluding hydrogens is 316 g/mol. The molecule has 0 radical (unpaired) electrons. The Bertz CT molecular complexity index is 824. The normalized spacial score (nSPS) is 15.8. The van der Waals surface area contributed by atoms with E-state index in [1.54, 1.807) is 0 Å². The average Bonchev–Trinajstić information content (AvgIpc) is 2.63. The molecule has 2 aromatic carbocycles. The second kappa shape index (κ2) is 6.82. The first-order valence-corrected chi connectivity index (χ1v) is 9.01. The summed E-state index contributed by atoms with van der Waals surface area (Å²) >= 11 is 5.97. The summed E-state index contributed by atoms with van der Waals surface area (Å²) in [5.41, 5.74) is 3.72. The number of nitrogens with zero attached hydrogens (tertiary/aromatic N) is 2. The number of halogens is 1. The first-order chi connectivity index (χ1) is 11.8. The number of rotatable bonds is 3. The van der Waals surface area contributed by atoms with Gasteiger partial charge < -0.3 is 4.90 Å². The third kappa shape index (κ3) is 3.39. The van der Waals surface area contributed by atoms with E-state index in [9.17, 15) is 0 Å². The van der Waals surface area contributed by atoms with Gasteiger partial charge in [-0.05, 0) is 61.1 Å². The molecule has 4 rings (SSSR count). The number of hydrogen-bond acceptors (Lipinski definition) is 2. The molecule has 1 fully saturated rings. The molecule has 3 heteroatoms. The summed E-state index contributed by atoms with van der Waals surface area (Å²) < 4.78 is 0. The molecule has 0 aliphatic carbocycles. The molecule has 2 heterocycles. The number of anilines is 1. The summed E-state index contributed by atoms with van der Waals surface area (Å²) in [5.74, 6) is 0.796. The quantitative estimate of drug-likeness (QED) is 0.599. The van der Waals surface area contributed by atoms with E-state index in [1.165, 1.54) is 30.5 Å². The van der Waals surface area contributed by atoms with Crippen LogP contribution in [0.1, 0.15) is 18.4 Å². The molecule has 24 heavy (non-hydrogen) atoms. The standard InChI is InChI=1S/C21H21ClN2/c22-21-9-6-18-15-19(7-8-20(18)23-21)24-12-10-17(11-13-24)14-16-4-2-1-3-5-16/h1-9,15,17H,10-14H2. The summed E-state index contributed by atoms with van der Waals surface area (Å²) in [6.45, 7) is 2.26. The lowest BCUT2D eigenvalue weighted by Crippen LogP contribution is -2.34. The van der Waals surface area contributed by atoms with Crippen LogP contribution < -0.4 is 4.90 Å². The Hall–Kier alpha value is -2.06. The number of fused-ring (bicyclic) bond motifs is 1. The van der Waals surface area contributed by atoms with E-state index in [0.29, 0.717) is 5.15 Å². The fourth-order valence-electron chi connectivity index (χ4n) is 3.63. The molecular formula is C21H21ClN2. The highest BCUT2D eigenvalue weighted by Gasteiger charge is 2.20. The van der Waals surface area contributed by atoms with Gasteiger partial charge in [-0.15, -0.1) is 0 Å². The van der Waals surface area contributed by atoms with Crippen LogP contribution in [0.3, 0.4) is 0 Å². The smallest absolute Gasteiger partial charge is 0.129 e.